The first-order valence-corrected chi connectivity index (χ1v) is 10.1. The lowest BCUT2D eigenvalue weighted by molar-refractivity contribution is -0.148. The number of hydrogen-bond acceptors (Lipinski definition) is 7. The van der Waals surface area contributed by atoms with E-state index in [-0.39, 0.29) is 29.0 Å². The highest BCUT2D eigenvalue weighted by Gasteiger charge is 2.15. The fourth-order valence-corrected chi connectivity index (χ4v) is 3.32. The van der Waals surface area contributed by atoms with Crippen molar-refractivity contribution < 1.29 is 32.3 Å². The number of ether oxygens (including phenoxy) is 2. The van der Waals surface area contributed by atoms with Crippen molar-refractivity contribution in [3.63, 3.8) is 0 Å². The van der Waals surface area contributed by atoms with Crippen LogP contribution in [0.25, 0.3) is 0 Å². The highest BCUT2D eigenvalue weighted by Crippen LogP contribution is 2.17. The van der Waals surface area contributed by atoms with Crippen molar-refractivity contribution in [1.29, 1.82) is 0 Å². The normalized spacial score (nSPS) is 10.8. The van der Waals surface area contributed by atoms with Gasteiger partial charge >= 0.3 is 11.9 Å². The Morgan fingerprint density at radius 2 is 1.48 bits per heavy atom. The average molecular weight is 419 g/mol. The Balaban J connectivity index is 1.92. The van der Waals surface area contributed by atoms with E-state index in [2.05, 4.69) is 9.46 Å². The van der Waals surface area contributed by atoms with Crippen LogP contribution in [0.3, 0.4) is 0 Å². The first-order valence-electron chi connectivity index (χ1n) is 8.66. The highest BCUT2D eigenvalue weighted by atomic mass is 32.2. The van der Waals surface area contributed by atoms with E-state index < -0.39 is 34.4 Å². The van der Waals surface area contributed by atoms with E-state index in [0.717, 1.165) is 5.56 Å². The summed E-state index contributed by atoms with van der Waals surface area (Å²) >= 11 is 0. The summed E-state index contributed by atoms with van der Waals surface area (Å²) in [4.78, 5) is 34.7. The molecule has 0 aliphatic rings. The summed E-state index contributed by atoms with van der Waals surface area (Å²) in [6, 6.07) is 12.1. The molecule has 154 valence electrons. The number of rotatable bonds is 9. The Morgan fingerprint density at radius 3 is 2.07 bits per heavy atom. The van der Waals surface area contributed by atoms with E-state index in [0.29, 0.717) is 0 Å². The second-order valence-corrected chi connectivity index (χ2v) is 7.84. The molecule has 0 saturated carbocycles. The molecule has 8 nitrogen and oxygen atoms in total. The maximum absolute atomic E-state index is 12.4. The van der Waals surface area contributed by atoms with Crippen molar-refractivity contribution in [1.82, 2.24) is 0 Å². The zero-order valence-electron chi connectivity index (χ0n) is 16.0. The third-order valence-corrected chi connectivity index (χ3v) is 5.31. The summed E-state index contributed by atoms with van der Waals surface area (Å²) in [6.45, 7) is 1.38. The molecular weight excluding hydrogens is 398 g/mol. The number of benzene rings is 2. The predicted molar refractivity (Wildman–Crippen MR) is 105 cm³/mol. The molecule has 0 bridgehead atoms. The van der Waals surface area contributed by atoms with Crippen LogP contribution in [0.1, 0.15) is 28.8 Å². The monoisotopic (exact) mass is 419 g/mol. The molecule has 0 atom stereocenters. The van der Waals surface area contributed by atoms with Gasteiger partial charge < -0.3 is 9.47 Å². The standard InChI is InChI=1S/C20H21NO7S/c1-14-3-9-17(10-4-14)29(25,26)21-16-7-5-15(6-8-16)18(22)13-28-20(24)12-11-19(23)27-2/h3-10,21H,11-13H2,1-2H3. The highest BCUT2D eigenvalue weighted by molar-refractivity contribution is 7.92. The molecule has 0 unspecified atom stereocenters. The molecule has 29 heavy (non-hydrogen) atoms. The molecule has 2 aromatic carbocycles. The number of nitrogens with one attached hydrogen (secondary N) is 1. The van der Waals surface area contributed by atoms with Crippen LogP contribution in [0.2, 0.25) is 0 Å². The van der Waals surface area contributed by atoms with Crippen LogP contribution in [0, 0.1) is 6.92 Å². The first kappa shape index (κ1) is 22.1. The molecular formula is C20H21NO7S. The average Bonchev–Trinajstić information content (AvgIpc) is 2.70. The molecule has 1 N–H and O–H groups in total. The summed E-state index contributed by atoms with van der Waals surface area (Å²) in [7, 11) is -2.53. The van der Waals surface area contributed by atoms with Gasteiger partial charge in [-0.15, -0.1) is 0 Å². The van der Waals surface area contributed by atoms with E-state index in [1.807, 2.05) is 6.92 Å². The molecule has 2 aromatic rings. The van der Waals surface area contributed by atoms with E-state index in [4.69, 9.17) is 4.74 Å². The molecule has 0 saturated heterocycles. The van der Waals surface area contributed by atoms with E-state index >= 15 is 0 Å². The number of carbonyl (C=O) groups excluding carboxylic acids is 3. The molecule has 0 amide bonds. The quantitative estimate of drug-likeness (QED) is 0.490. The molecule has 0 aliphatic carbocycles. The van der Waals surface area contributed by atoms with Crippen molar-refractivity contribution in [2.75, 3.05) is 18.4 Å². The number of methoxy groups -OCH3 is 1. The van der Waals surface area contributed by atoms with Crippen LogP contribution in [0.5, 0.6) is 0 Å². The second kappa shape index (κ2) is 9.83. The fourth-order valence-electron chi connectivity index (χ4n) is 2.26. The molecule has 0 heterocycles. The van der Waals surface area contributed by atoms with E-state index in [1.165, 1.54) is 43.5 Å². The van der Waals surface area contributed by atoms with Crippen LogP contribution in [-0.2, 0) is 29.1 Å². The van der Waals surface area contributed by atoms with Crippen molar-refractivity contribution in [3.05, 3.63) is 59.7 Å². The molecule has 0 aliphatic heterocycles. The topological polar surface area (TPSA) is 116 Å². The zero-order valence-corrected chi connectivity index (χ0v) is 16.8. The summed E-state index contributed by atoms with van der Waals surface area (Å²) in [6.07, 6.45) is -0.307. The van der Waals surface area contributed by atoms with Crippen LogP contribution in [-0.4, -0.2) is 39.9 Å². The molecule has 0 spiro atoms. The van der Waals surface area contributed by atoms with E-state index in [9.17, 15) is 22.8 Å². The largest absolute Gasteiger partial charge is 0.469 e. The first-order chi connectivity index (χ1) is 13.7. The van der Waals surface area contributed by atoms with Crippen LogP contribution < -0.4 is 4.72 Å². The van der Waals surface area contributed by atoms with Gasteiger partial charge in [0.2, 0.25) is 0 Å². The van der Waals surface area contributed by atoms with Gasteiger partial charge in [0, 0.05) is 11.3 Å². The summed E-state index contributed by atoms with van der Waals surface area (Å²) < 4.78 is 36.4. The Hall–Kier alpha value is -3.20. The summed E-state index contributed by atoms with van der Waals surface area (Å²) in [5.74, 6) is -1.69. The van der Waals surface area contributed by atoms with Gasteiger partial charge in [-0.1, -0.05) is 17.7 Å². The summed E-state index contributed by atoms with van der Waals surface area (Å²) in [5.41, 5.74) is 1.49. The number of aryl methyl sites for hydroxylation is 1. The Labute approximate surface area is 168 Å². The van der Waals surface area contributed by atoms with Crippen molar-refractivity contribution >= 4 is 33.4 Å². The van der Waals surface area contributed by atoms with Crippen LogP contribution in [0.4, 0.5) is 5.69 Å². The number of ketones is 1. The number of esters is 2. The predicted octanol–water partition coefficient (Wildman–Crippen LogP) is 2.47. The SMILES string of the molecule is COC(=O)CCC(=O)OCC(=O)c1ccc(NS(=O)(=O)c2ccc(C)cc2)cc1. The molecule has 9 heteroatoms. The van der Waals surface area contributed by atoms with Crippen molar-refractivity contribution in [2.45, 2.75) is 24.7 Å². The second-order valence-electron chi connectivity index (χ2n) is 6.16. The van der Waals surface area contributed by atoms with Crippen molar-refractivity contribution in [3.8, 4) is 0 Å². The Bertz CT molecular complexity index is 980. The maximum Gasteiger partial charge on any atom is 0.306 e. The fraction of sp³-hybridized carbons (Fsp3) is 0.250. The number of carbonyl (C=O) groups is 3. The van der Waals surface area contributed by atoms with Gasteiger partial charge in [-0.25, -0.2) is 8.42 Å². The molecule has 0 radical (unpaired) electrons. The number of anilines is 1. The lowest BCUT2D eigenvalue weighted by Gasteiger charge is -2.09. The minimum atomic E-state index is -3.74. The minimum Gasteiger partial charge on any atom is -0.469 e. The third kappa shape index (κ3) is 6.72. The van der Waals surface area contributed by atoms with Gasteiger partial charge in [-0.2, -0.15) is 0 Å². The molecule has 0 fully saturated rings. The van der Waals surface area contributed by atoms with E-state index in [1.54, 1.807) is 12.1 Å². The minimum absolute atomic E-state index is 0.126. The number of sulfonamides is 1. The van der Waals surface area contributed by atoms with Gasteiger partial charge in [0.15, 0.2) is 12.4 Å². The smallest absolute Gasteiger partial charge is 0.306 e. The Morgan fingerprint density at radius 1 is 0.897 bits per heavy atom. The van der Waals surface area contributed by atoms with Crippen LogP contribution in [0.15, 0.2) is 53.4 Å². The molecule has 2 rings (SSSR count). The van der Waals surface area contributed by atoms with Gasteiger partial charge in [-0.05, 0) is 43.3 Å². The van der Waals surface area contributed by atoms with Crippen molar-refractivity contribution in [2.24, 2.45) is 0 Å². The maximum atomic E-state index is 12.4. The Kier molecular flexibility index (Phi) is 7.49. The zero-order chi connectivity index (χ0) is 21.4. The van der Waals surface area contributed by atoms with Gasteiger partial charge in [-0.3, -0.25) is 19.1 Å². The van der Waals surface area contributed by atoms with Gasteiger partial charge in [0.25, 0.3) is 10.0 Å². The van der Waals surface area contributed by atoms with Gasteiger partial charge in [0.1, 0.15) is 0 Å². The van der Waals surface area contributed by atoms with Gasteiger partial charge in [0.05, 0.1) is 24.8 Å². The van der Waals surface area contributed by atoms with Crippen LogP contribution >= 0.6 is 0 Å². The third-order valence-electron chi connectivity index (χ3n) is 3.92. The summed E-state index contributed by atoms with van der Waals surface area (Å²) in [5, 5.41) is 0. The lowest BCUT2D eigenvalue weighted by atomic mass is 10.1. The number of Topliss-reactive ketones (excluding diaryl/α,β-unsaturated/α-hetero) is 1. The lowest BCUT2D eigenvalue weighted by Crippen LogP contribution is -2.16. The number of hydrogen-bond donors (Lipinski definition) is 1. The molecule has 0 aromatic heterocycles.